The van der Waals surface area contributed by atoms with Crippen LogP contribution in [0.15, 0.2) is 17.9 Å². The number of aryl methyl sites for hydroxylation is 2. The molecule has 3 aromatic heterocycles. The third kappa shape index (κ3) is 10.1. The number of nitrogens with one attached hydrogen (secondary N) is 2. The highest BCUT2D eigenvalue weighted by molar-refractivity contribution is 9.11. The van der Waals surface area contributed by atoms with E-state index in [0.29, 0.717) is 107 Å². The second kappa shape index (κ2) is 19.8. The Balaban J connectivity index is 2.14. The summed E-state index contributed by atoms with van der Waals surface area (Å²) in [4.78, 5) is 90.6. The minimum atomic E-state index is -1.15. The van der Waals surface area contributed by atoms with Crippen LogP contribution in [0.3, 0.4) is 0 Å². The number of nitrogens with zero attached hydrogens (tertiary/aromatic N) is 2. The number of carboxylic acid groups (broad SMARTS) is 2. The number of esters is 4. The van der Waals surface area contributed by atoms with Crippen LogP contribution in [-0.4, -0.2) is 79.2 Å². The minimum Gasteiger partial charge on any atom is -0.481 e. The molecule has 62 heavy (non-hydrogen) atoms. The maximum Gasteiger partial charge on any atom is 0.303 e. The molecule has 20 heteroatoms. The highest BCUT2D eigenvalue weighted by atomic mass is 79.9. The normalized spacial score (nSPS) is 13.5. The summed E-state index contributed by atoms with van der Waals surface area (Å²) in [5.41, 5.74) is 7.53. The number of hydrogen-bond acceptors (Lipinski definition) is 12. The Morgan fingerprint density at radius 3 is 1.24 bits per heavy atom. The van der Waals surface area contributed by atoms with Gasteiger partial charge < -0.3 is 39.1 Å². The van der Waals surface area contributed by atoms with Gasteiger partial charge in [0.2, 0.25) is 0 Å². The van der Waals surface area contributed by atoms with Gasteiger partial charge in [-0.05, 0) is 138 Å². The van der Waals surface area contributed by atoms with Crippen molar-refractivity contribution < 1.29 is 57.9 Å². The zero-order valence-corrected chi connectivity index (χ0v) is 41.1. The maximum atomic E-state index is 12.6. The van der Waals surface area contributed by atoms with Gasteiger partial charge in [-0.1, -0.05) is 0 Å². The zero-order valence-electron chi connectivity index (χ0n) is 34.8. The lowest BCUT2D eigenvalue weighted by atomic mass is 9.98. The third-order valence-corrected chi connectivity index (χ3v) is 13.3. The average molecular weight is 1110 g/mol. The summed E-state index contributed by atoms with van der Waals surface area (Å²) in [5, 5.41) is 19.6. The number of aliphatic carboxylic acids is 2. The van der Waals surface area contributed by atoms with Gasteiger partial charge in [-0.15, -0.1) is 0 Å². The van der Waals surface area contributed by atoms with Crippen LogP contribution in [-0.2, 0) is 47.7 Å². The highest BCUT2D eigenvalue weighted by Crippen LogP contribution is 2.47. The van der Waals surface area contributed by atoms with E-state index in [9.17, 15) is 39.0 Å². The van der Waals surface area contributed by atoms with Gasteiger partial charge in [0.1, 0.15) is 13.2 Å². The van der Waals surface area contributed by atoms with Crippen LogP contribution < -0.4 is 0 Å². The molecule has 0 fully saturated rings. The number of carbonyl (C=O) groups excluding carboxylic acids is 4. The van der Waals surface area contributed by atoms with Gasteiger partial charge in [0.25, 0.3) is 0 Å². The number of rotatable bonds is 14. The number of halogens is 4. The molecular formula is C42H42Br4N4O12. The minimum absolute atomic E-state index is 0.0686. The van der Waals surface area contributed by atoms with E-state index < -0.39 is 48.0 Å². The first-order valence-corrected chi connectivity index (χ1v) is 22.2. The Morgan fingerprint density at radius 2 is 0.887 bits per heavy atom. The molecule has 3 aromatic rings. The SMILES string of the molecule is CC(=O)OCC(OC(C)=O)c1c(C)c2[nH]c1c(Br)c1nc(c(Br)c3nc(c(Br)c4[nH]c(c(C(COC(C)=O)OC(C)=O)c4C)c2Br)C(C)=C3CCC(=O)O)C(CCC(=O)O)=C1C. The predicted octanol–water partition coefficient (Wildman–Crippen LogP) is 9.91. The molecule has 5 rings (SSSR count). The maximum absolute atomic E-state index is 12.6. The van der Waals surface area contributed by atoms with Gasteiger partial charge in [0, 0.05) is 51.7 Å². The van der Waals surface area contributed by atoms with Gasteiger partial charge in [0.05, 0.1) is 62.7 Å². The van der Waals surface area contributed by atoms with Gasteiger partial charge in [-0.25, -0.2) is 9.97 Å². The topological polar surface area (TPSA) is 237 Å². The van der Waals surface area contributed by atoms with Crippen LogP contribution >= 0.6 is 63.7 Å². The molecule has 2 aliphatic rings. The summed E-state index contributed by atoms with van der Waals surface area (Å²) in [7, 11) is 0. The Labute approximate surface area is 388 Å². The van der Waals surface area contributed by atoms with Gasteiger partial charge in [0.15, 0.2) is 12.2 Å². The van der Waals surface area contributed by atoms with E-state index in [1.54, 1.807) is 20.8 Å². The molecule has 2 unspecified atom stereocenters. The van der Waals surface area contributed by atoms with Crippen molar-refractivity contribution in [2.24, 2.45) is 0 Å². The molecule has 0 saturated carbocycles. The summed E-state index contributed by atoms with van der Waals surface area (Å²) in [6.45, 7) is 11.4. The molecule has 2 atom stereocenters. The lowest BCUT2D eigenvalue weighted by Gasteiger charge is -2.18. The van der Waals surface area contributed by atoms with Crippen molar-refractivity contribution in [3.8, 4) is 0 Å². The monoisotopic (exact) mass is 1110 g/mol. The number of ether oxygens (including phenoxy) is 4. The number of H-pyrrole nitrogens is 2. The van der Waals surface area contributed by atoms with Crippen molar-refractivity contribution in [3.63, 3.8) is 0 Å². The summed E-state index contributed by atoms with van der Waals surface area (Å²) in [6.07, 6.45) is -2.61. The van der Waals surface area contributed by atoms with E-state index in [2.05, 4.69) is 73.7 Å². The predicted molar refractivity (Wildman–Crippen MR) is 242 cm³/mol. The first-order chi connectivity index (χ1) is 29.0. The van der Waals surface area contributed by atoms with E-state index >= 15 is 0 Å². The molecule has 2 aliphatic heterocycles. The van der Waals surface area contributed by atoms with E-state index in [4.69, 9.17) is 28.9 Å². The molecular weight excluding hydrogens is 1070 g/mol. The van der Waals surface area contributed by atoms with Crippen LogP contribution in [0.2, 0.25) is 0 Å². The molecule has 4 N–H and O–H groups in total. The Kier molecular flexibility index (Phi) is 15.5. The first kappa shape index (κ1) is 48.4. The molecule has 0 spiro atoms. The summed E-state index contributed by atoms with van der Waals surface area (Å²) in [6, 6.07) is 0. The summed E-state index contributed by atoms with van der Waals surface area (Å²) in [5.74, 6) is -4.61. The fraction of sp³-hybridized carbons (Fsp3) is 0.381. The molecule has 330 valence electrons. The number of aromatic nitrogens is 4. The van der Waals surface area contributed by atoms with Crippen molar-refractivity contribution in [1.82, 2.24) is 19.9 Å². The Morgan fingerprint density at radius 1 is 0.532 bits per heavy atom. The summed E-state index contributed by atoms with van der Waals surface area (Å²) < 4.78 is 24.0. The highest BCUT2D eigenvalue weighted by Gasteiger charge is 2.32. The van der Waals surface area contributed by atoms with Crippen molar-refractivity contribution in [1.29, 1.82) is 0 Å². The van der Waals surface area contributed by atoms with Crippen LogP contribution in [0.5, 0.6) is 0 Å². The molecule has 0 aliphatic carbocycles. The van der Waals surface area contributed by atoms with Crippen LogP contribution in [0.4, 0.5) is 0 Å². The second-order valence-electron chi connectivity index (χ2n) is 14.5. The second-order valence-corrected chi connectivity index (χ2v) is 17.7. The fourth-order valence-corrected chi connectivity index (χ4v) is 10.3. The molecule has 0 radical (unpaired) electrons. The number of allylic oxidation sites excluding steroid dienone is 4. The Hall–Kier alpha value is -4.66. The number of carboxylic acids is 2. The average Bonchev–Trinajstić information content (AvgIpc) is 3.91. The van der Waals surface area contributed by atoms with Crippen LogP contribution in [0.25, 0.3) is 44.4 Å². The van der Waals surface area contributed by atoms with E-state index in [-0.39, 0.29) is 38.9 Å². The van der Waals surface area contributed by atoms with Gasteiger partial charge in [-0.3, -0.25) is 28.8 Å². The lowest BCUT2D eigenvalue weighted by Crippen LogP contribution is -2.17. The van der Waals surface area contributed by atoms with E-state index in [1.165, 1.54) is 27.7 Å². The number of fused-ring (bicyclic) bond motifs is 8. The molecule has 0 aromatic carbocycles. The van der Waals surface area contributed by atoms with E-state index in [0.717, 1.165) is 0 Å². The van der Waals surface area contributed by atoms with Crippen molar-refractivity contribution in [2.75, 3.05) is 13.2 Å². The van der Waals surface area contributed by atoms with Crippen molar-refractivity contribution in [2.45, 2.75) is 93.3 Å². The number of carbonyl (C=O) groups is 6. The van der Waals surface area contributed by atoms with Crippen LogP contribution in [0, 0.1) is 13.8 Å². The fourth-order valence-electron chi connectivity index (χ4n) is 7.45. The molecule has 8 bridgehead atoms. The molecule has 0 saturated heterocycles. The van der Waals surface area contributed by atoms with Crippen molar-refractivity contribution in [3.05, 3.63) is 62.9 Å². The lowest BCUT2D eigenvalue weighted by molar-refractivity contribution is -0.156. The number of aromatic amines is 2. The quantitative estimate of drug-likeness (QED) is 0.0869. The molecule has 16 nitrogen and oxygen atoms in total. The smallest absolute Gasteiger partial charge is 0.303 e. The largest absolute Gasteiger partial charge is 0.481 e. The summed E-state index contributed by atoms with van der Waals surface area (Å²) >= 11 is 15.2. The standard InChI is InChI=1S/C42H42Br4N4O12/c1-15-23(9-11-27(55)56)39-34(46)40-24(10-12-28(57)58)16(2)36(48-40)32(44)41-30(26(62-22(8)54)14-60-20(6)52)18(4)38(50-41)33(45)42-29(25(61-21(7)53)13-59-19(5)51)17(3)37(49-42)31(43)35(15)47-39/h25-26,49-50H,9-14H2,1-8H3,(H,55,56)(H,57,58). The Bertz CT molecular complexity index is 2680. The molecule has 5 heterocycles. The van der Waals surface area contributed by atoms with Crippen molar-refractivity contribution >= 4 is 144 Å². The van der Waals surface area contributed by atoms with Gasteiger partial charge >= 0.3 is 35.8 Å². The van der Waals surface area contributed by atoms with Crippen LogP contribution in [0.1, 0.15) is 124 Å². The first-order valence-electron chi connectivity index (χ1n) is 19.0. The van der Waals surface area contributed by atoms with E-state index in [1.807, 2.05) is 6.92 Å². The number of hydrogen-bond donors (Lipinski definition) is 4. The molecule has 0 amide bonds. The third-order valence-electron chi connectivity index (χ3n) is 10.3. The zero-order chi connectivity index (χ0) is 46.1. The van der Waals surface area contributed by atoms with Gasteiger partial charge in [-0.2, -0.15) is 0 Å².